The Morgan fingerprint density at radius 2 is 2.14 bits per heavy atom. The second-order valence-electron chi connectivity index (χ2n) is 6.24. The van der Waals surface area contributed by atoms with Gasteiger partial charge in [0.15, 0.2) is 0 Å². The molecule has 116 valence electrons. The van der Waals surface area contributed by atoms with Crippen LogP contribution in [0.5, 0.6) is 0 Å². The molecule has 3 heteroatoms. The van der Waals surface area contributed by atoms with Gasteiger partial charge >= 0.3 is 0 Å². The van der Waals surface area contributed by atoms with E-state index in [1.165, 1.54) is 24.0 Å². The Morgan fingerprint density at radius 3 is 2.76 bits per heavy atom. The van der Waals surface area contributed by atoms with Crippen LogP contribution in [0.1, 0.15) is 36.5 Å². The van der Waals surface area contributed by atoms with Gasteiger partial charge in [0.25, 0.3) is 0 Å². The number of nitrogens with one attached hydrogen (secondary N) is 1. The maximum absolute atomic E-state index is 12.5. The molecule has 0 saturated carbocycles. The van der Waals surface area contributed by atoms with Crippen LogP contribution < -0.4 is 5.32 Å². The van der Waals surface area contributed by atoms with Crippen molar-refractivity contribution in [2.24, 2.45) is 5.92 Å². The molecular formula is C18H28N2O. The number of benzene rings is 1. The first-order valence-corrected chi connectivity index (χ1v) is 8.14. The first-order chi connectivity index (χ1) is 10.1. The number of hydrogen-bond acceptors (Lipinski definition) is 2. The fourth-order valence-corrected chi connectivity index (χ4v) is 3.00. The van der Waals surface area contributed by atoms with Crippen molar-refractivity contribution in [3.05, 3.63) is 34.9 Å². The van der Waals surface area contributed by atoms with E-state index in [4.69, 9.17) is 0 Å². The van der Waals surface area contributed by atoms with E-state index in [2.05, 4.69) is 44.3 Å². The lowest BCUT2D eigenvalue weighted by Crippen LogP contribution is -2.41. The average Bonchev–Trinajstić information content (AvgIpc) is 2.49. The molecule has 0 aromatic heterocycles. The highest BCUT2D eigenvalue weighted by Gasteiger charge is 2.19. The minimum absolute atomic E-state index is 0.256. The highest BCUT2D eigenvalue weighted by atomic mass is 16.2. The number of nitrogens with zero attached hydrogens (tertiary/aromatic N) is 1. The van der Waals surface area contributed by atoms with E-state index in [0.717, 1.165) is 31.7 Å². The van der Waals surface area contributed by atoms with Crippen LogP contribution in [0, 0.1) is 19.8 Å². The van der Waals surface area contributed by atoms with Gasteiger partial charge in [-0.2, -0.15) is 0 Å². The van der Waals surface area contributed by atoms with E-state index in [1.807, 2.05) is 4.90 Å². The van der Waals surface area contributed by atoms with Crippen LogP contribution in [0.2, 0.25) is 0 Å². The number of likely N-dealkylation sites (N-methyl/N-ethyl adjacent to an activating group) is 1. The Hall–Kier alpha value is -1.35. The van der Waals surface area contributed by atoms with Gasteiger partial charge in [0.05, 0.1) is 6.42 Å². The van der Waals surface area contributed by atoms with Crippen molar-refractivity contribution in [2.45, 2.75) is 40.0 Å². The molecule has 1 aliphatic rings. The van der Waals surface area contributed by atoms with Gasteiger partial charge < -0.3 is 10.2 Å². The number of carbonyl (C=O) groups excluding carboxylic acids is 1. The predicted molar refractivity (Wildman–Crippen MR) is 87.5 cm³/mol. The topological polar surface area (TPSA) is 32.3 Å². The summed E-state index contributed by atoms with van der Waals surface area (Å²) >= 11 is 0. The SMILES string of the molecule is CCN(CC1CCCNC1)C(=O)Cc1ccc(C)c(C)c1. The maximum Gasteiger partial charge on any atom is 0.226 e. The van der Waals surface area contributed by atoms with Gasteiger partial charge in [-0.25, -0.2) is 0 Å². The van der Waals surface area contributed by atoms with E-state index in [-0.39, 0.29) is 5.91 Å². The largest absolute Gasteiger partial charge is 0.342 e. The third kappa shape index (κ3) is 4.57. The van der Waals surface area contributed by atoms with Crippen LogP contribution in [0.4, 0.5) is 0 Å². The quantitative estimate of drug-likeness (QED) is 0.903. The zero-order chi connectivity index (χ0) is 15.2. The summed E-state index contributed by atoms with van der Waals surface area (Å²) in [4.78, 5) is 14.5. The van der Waals surface area contributed by atoms with Gasteiger partial charge in [0.2, 0.25) is 5.91 Å². The second-order valence-corrected chi connectivity index (χ2v) is 6.24. The third-order valence-corrected chi connectivity index (χ3v) is 4.54. The molecule has 1 saturated heterocycles. The number of amides is 1. The number of aryl methyl sites for hydroxylation is 2. The van der Waals surface area contributed by atoms with Crippen molar-refractivity contribution in [1.29, 1.82) is 0 Å². The molecule has 1 aromatic carbocycles. The monoisotopic (exact) mass is 288 g/mol. The molecule has 0 radical (unpaired) electrons. The maximum atomic E-state index is 12.5. The highest BCUT2D eigenvalue weighted by Crippen LogP contribution is 2.14. The van der Waals surface area contributed by atoms with E-state index in [1.54, 1.807) is 0 Å². The molecule has 1 atom stereocenters. The van der Waals surface area contributed by atoms with Crippen molar-refractivity contribution in [3.8, 4) is 0 Å². The minimum atomic E-state index is 0.256. The molecule has 3 nitrogen and oxygen atoms in total. The molecular weight excluding hydrogens is 260 g/mol. The Bertz CT molecular complexity index is 478. The predicted octanol–water partition coefficient (Wildman–Crippen LogP) is 2.69. The molecule has 1 N–H and O–H groups in total. The Balaban J connectivity index is 1.94. The number of piperidine rings is 1. The zero-order valence-electron chi connectivity index (χ0n) is 13.6. The number of carbonyl (C=O) groups is 1. The molecule has 1 fully saturated rings. The van der Waals surface area contributed by atoms with Gasteiger partial charge in [-0.05, 0) is 69.3 Å². The average molecular weight is 288 g/mol. The van der Waals surface area contributed by atoms with E-state index < -0.39 is 0 Å². The minimum Gasteiger partial charge on any atom is -0.342 e. The second kappa shape index (κ2) is 7.60. The number of hydrogen-bond donors (Lipinski definition) is 1. The van der Waals surface area contributed by atoms with Crippen molar-refractivity contribution in [1.82, 2.24) is 10.2 Å². The van der Waals surface area contributed by atoms with E-state index in [9.17, 15) is 4.79 Å². The van der Waals surface area contributed by atoms with Crippen LogP contribution in [-0.4, -0.2) is 37.0 Å². The Kier molecular flexibility index (Phi) is 5.80. The van der Waals surface area contributed by atoms with Gasteiger partial charge in [-0.1, -0.05) is 18.2 Å². The van der Waals surface area contributed by atoms with Crippen LogP contribution in [0.25, 0.3) is 0 Å². The number of rotatable bonds is 5. The molecule has 1 unspecified atom stereocenters. The van der Waals surface area contributed by atoms with Crippen molar-refractivity contribution in [3.63, 3.8) is 0 Å². The summed E-state index contributed by atoms with van der Waals surface area (Å²) in [6, 6.07) is 6.33. The van der Waals surface area contributed by atoms with Gasteiger partial charge in [0, 0.05) is 13.1 Å². The summed E-state index contributed by atoms with van der Waals surface area (Å²) < 4.78 is 0. The lowest BCUT2D eigenvalue weighted by atomic mass is 9.98. The van der Waals surface area contributed by atoms with Gasteiger partial charge in [0.1, 0.15) is 0 Å². The molecule has 1 amide bonds. The molecule has 2 rings (SSSR count). The van der Waals surface area contributed by atoms with E-state index in [0.29, 0.717) is 12.3 Å². The normalized spacial score (nSPS) is 18.5. The van der Waals surface area contributed by atoms with Crippen molar-refractivity contribution >= 4 is 5.91 Å². The summed E-state index contributed by atoms with van der Waals surface area (Å²) in [5, 5.41) is 3.43. The van der Waals surface area contributed by atoms with Crippen LogP contribution in [0.3, 0.4) is 0 Å². The molecule has 1 aliphatic heterocycles. The summed E-state index contributed by atoms with van der Waals surface area (Å²) in [5.41, 5.74) is 3.68. The zero-order valence-corrected chi connectivity index (χ0v) is 13.6. The van der Waals surface area contributed by atoms with Crippen molar-refractivity contribution in [2.75, 3.05) is 26.2 Å². The standard InChI is InChI=1S/C18H28N2O/c1-4-20(13-17-6-5-9-19-12-17)18(21)11-16-8-7-14(2)15(3)10-16/h7-8,10,17,19H,4-6,9,11-13H2,1-3H3. The fraction of sp³-hybridized carbons (Fsp3) is 0.611. The Morgan fingerprint density at radius 1 is 1.33 bits per heavy atom. The fourth-order valence-electron chi connectivity index (χ4n) is 3.00. The lowest BCUT2D eigenvalue weighted by molar-refractivity contribution is -0.131. The lowest BCUT2D eigenvalue weighted by Gasteiger charge is -2.29. The van der Waals surface area contributed by atoms with Gasteiger partial charge in [-0.3, -0.25) is 4.79 Å². The van der Waals surface area contributed by atoms with Crippen molar-refractivity contribution < 1.29 is 4.79 Å². The molecule has 0 aliphatic carbocycles. The van der Waals surface area contributed by atoms with Crippen LogP contribution in [-0.2, 0) is 11.2 Å². The molecule has 1 heterocycles. The van der Waals surface area contributed by atoms with Gasteiger partial charge in [-0.15, -0.1) is 0 Å². The highest BCUT2D eigenvalue weighted by molar-refractivity contribution is 5.78. The molecule has 0 bridgehead atoms. The Labute approximate surface area is 128 Å². The summed E-state index contributed by atoms with van der Waals surface area (Å²) in [6.07, 6.45) is 2.99. The molecule has 0 spiro atoms. The van der Waals surface area contributed by atoms with Crippen LogP contribution >= 0.6 is 0 Å². The summed E-state index contributed by atoms with van der Waals surface area (Å²) in [7, 11) is 0. The third-order valence-electron chi connectivity index (χ3n) is 4.54. The summed E-state index contributed by atoms with van der Waals surface area (Å²) in [5.74, 6) is 0.869. The smallest absolute Gasteiger partial charge is 0.226 e. The molecule has 1 aromatic rings. The first kappa shape index (κ1) is 16.0. The van der Waals surface area contributed by atoms with E-state index >= 15 is 0 Å². The molecule has 21 heavy (non-hydrogen) atoms. The first-order valence-electron chi connectivity index (χ1n) is 8.14. The van der Waals surface area contributed by atoms with Crippen LogP contribution in [0.15, 0.2) is 18.2 Å². The summed E-state index contributed by atoms with van der Waals surface area (Å²) in [6.45, 7) is 10.2.